The number of hydrogen-bond acceptors (Lipinski definition) is 7. The number of nitrogens with one attached hydrogen (secondary N) is 1. The van der Waals surface area contributed by atoms with Gasteiger partial charge in [-0.15, -0.1) is 0 Å². The summed E-state index contributed by atoms with van der Waals surface area (Å²) in [6.45, 7) is 5.37. The third kappa shape index (κ3) is 4.38. The largest absolute Gasteiger partial charge is 0.497 e. The summed E-state index contributed by atoms with van der Waals surface area (Å²) in [5.41, 5.74) is 4.76. The molecule has 0 spiro atoms. The van der Waals surface area contributed by atoms with Crippen molar-refractivity contribution in [2.24, 2.45) is 5.92 Å². The van der Waals surface area contributed by atoms with Crippen LogP contribution in [0.2, 0.25) is 0 Å². The van der Waals surface area contributed by atoms with Gasteiger partial charge in [0, 0.05) is 19.2 Å². The summed E-state index contributed by atoms with van der Waals surface area (Å²) in [5.74, 6) is 1.09. The second-order valence-electron chi connectivity index (χ2n) is 7.77. The molecule has 0 radical (unpaired) electrons. The van der Waals surface area contributed by atoms with Gasteiger partial charge in [-0.3, -0.25) is 4.79 Å². The molecule has 1 N–H and O–H groups in total. The number of hydrogen-bond donors (Lipinski definition) is 1. The second kappa shape index (κ2) is 8.75. The average molecular weight is 422 g/mol. The molecular formula is C23H27N5O3. The first-order chi connectivity index (χ1) is 15.0. The summed E-state index contributed by atoms with van der Waals surface area (Å²) in [6, 6.07) is 7.36. The van der Waals surface area contributed by atoms with Crippen molar-refractivity contribution in [2.75, 3.05) is 37.5 Å². The molecule has 31 heavy (non-hydrogen) atoms. The first-order valence-corrected chi connectivity index (χ1v) is 10.4. The average Bonchev–Trinajstić information content (AvgIpc) is 2.79. The van der Waals surface area contributed by atoms with E-state index < -0.39 is 0 Å². The second-order valence-corrected chi connectivity index (χ2v) is 7.77. The lowest BCUT2D eigenvalue weighted by Crippen LogP contribution is -2.40. The van der Waals surface area contributed by atoms with Crippen LogP contribution in [0.15, 0.2) is 30.5 Å². The van der Waals surface area contributed by atoms with Crippen LogP contribution < -0.4 is 19.7 Å². The fourth-order valence-corrected chi connectivity index (χ4v) is 3.85. The van der Waals surface area contributed by atoms with Gasteiger partial charge >= 0.3 is 0 Å². The van der Waals surface area contributed by atoms with Gasteiger partial charge < -0.3 is 19.7 Å². The van der Waals surface area contributed by atoms with Crippen LogP contribution in [0.1, 0.15) is 24.2 Å². The molecule has 1 saturated heterocycles. The van der Waals surface area contributed by atoms with Crippen LogP contribution >= 0.6 is 0 Å². The van der Waals surface area contributed by atoms with Crippen molar-refractivity contribution < 1.29 is 14.3 Å². The number of nitrogens with zero attached hydrogens (tertiary/aromatic N) is 4. The summed E-state index contributed by atoms with van der Waals surface area (Å²) >= 11 is 0. The minimum atomic E-state index is -0.147. The highest BCUT2D eigenvalue weighted by atomic mass is 16.5. The summed E-state index contributed by atoms with van der Waals surface area (Å²) < 4.78 is 10.7. The molecule has 0 bridgehead atoms. The van der Waals surface area contributed by atoms with Gasteiger partial charge in [0.05, 0.1) is 49.1 Å². The molecule has 162 valence electrons. The molecular weight excluding hydrogens is 394 g/mol. The Balaban J connectivity index is 1.51. The van der Waals surface area contributed by atoms with Crippen molar-refractivity contribution in [3.63, 3.8) is 0 Å². The summed E-state index contributed by atoms with van der Waals surface area (Å²) in [7, 11) is 3.18. The molecule has 3 aromatic rings. The predicted octanol–water partition coefficient (Wildman–Crippen LogP) is 3.51. The van der Waals surface area contributed by atoms with E-state index >= 15 is 0 Å². The molecule has 8 heteroatoms. The van der Waals surface area contributed by atoms with Gasteiger partial charge in [0.25, 0.3) is 0 Å². The highest BCUT2D eigenvalue weighted by Gasteiger charge is 2.27. The minimum Gasteiger partial charge on any atom is -0.497 e. The zero-order valence-electron chi connectivity index (χ0n) is 18.3. The smallest absolute Gasteiger partial charge is 0.229 e. The van der Waals surface area contributed by atoms with E-state index in [4.69, 9.17) is 9.47 Å². The highest BCUT2D eigenvalue weighted by Crippen LogP contribution is 2.31. The van der Waals surface area contributed by atoms with Crippen molar-refractivity contribution >= 4 is 28.4 Å². The van der Waals surface area contributed by atoms with Crippen molar-refractivity contribution in [3.05, 3.63) is 41.9 Å². The molecule has 0 saturated carbocycles. The third-order valence-corrected chi connectivity index (χ3v) is 5.74. The number of aromatic nitrogens is 3. The first-order valence-electron chi connectivity index (χ1n) is 10.4. The summed E-state index contributed by atoms with van der Waals surface area (Å²) in [6.07, 6.45) is 3.56. The fraction of sp³-hybridized carbons (Fsp3) is 0.391. The molecule has 1 amide bonds. The zero-order chi connectivity index (χ0) is 22.0. The Morgan fingerprint density at radius 1 is 1.13 bits per heavy atom. The Hall–Kier alpha value is -3.42. The van der Waals surface area contributed by atoms with Crippen LogP contribution in [-0.4, -0.2) is 48.2 Å². The van der Waals surface area contributed by atoms with Crippen molar-refractivity contribution in [1.29, 1.82) is 0 Å². The van der Waals surface area contributed by atoms with E-state index in [1.807, 2.05) is 26.1 Å². The lowest BCUT2D eigenvalue weighted by Gasteiger charge is -2.33. The number of ether oxygens (including phenoxy) is 2. The van der Waals surface area contributed by atoms with Crippen LogP contribution in [0.3, 0.4) is 0 Å². The fourth-order valence-electron chi connectivity index (χ4n) is 3.85. The van der Waals surface area contributed by atoms with Gasteiger partial charge in [0.1, 0.15) is 17.0 Å². The number of methoxy groups -OCH3 is 2. The molecule has 2 aromatic heterocycles. The number of anilines is 2. The van der Waals surface area contributed by atoms with E-state index in [2.05, 4.69) is 25.2 Å². The topological polar surface area (TPSA) is 89.5 Å². The highest BCUT2D eigenvalue weighted by molar-refractivity contribution is 5.94. The quantitative estimate of drug-likeness (QED) is 0.674. The van der Waals surface area contributed by atoms with Gasteiger partial charge in [-0.05, 0) is 44.9 Å². The van der Waals surface area contributed by atoms with Gasteiger partial charge in [-0.25, -0.2) is 15.0 Å². The molecule has 1 fully saturated rings. The Morgan fingerprint density at radius 3 is 2.71 bits per heavy atom. The van der Waals surface area contributed by atoms with Crippen LogP contribution in [0, 0.1) is 19.8 Å². The van der Waals surface area contributed by atoms with Crippen molar-refractivity contribution in [3.8, 4) is 11.5 Å². The molecule has 1 unspecified atom stereocenters. The number of benzene rings is 1. The summed E-state index contributed by atoms with van der Waals surface area (Å²) in [4.78, 5) is 28.8. The van der Waals surface area contributed by atoms with Gasteiger partial charge in [-0.1, -0.05) is 0 Å². The SMILES string of the molecule is COc1ccc(OC)c(NC(=O)C2CCCN(c3cnc4nc(C)c(C)nc4c3)C2)c1. The Bertz CT molecular complexity index is 1120. The van der Waals surface area contributed by atoms with Gasteiger partial charge in [0.2, 0.25) is 5.91 Å². The number of carbonyl (C=O) groups is 1. The standard InChI is InChI=1S/C23H27N5O3/c1-14-15(2)26-22-20(25-14)10-17(12-24-22)28-9-5-6-16(13-28)23(29)27-19-11-18(30-3)7-8-21(19)31-4/h7-8,10-12,16H,5-6,9,13H2,1-4H3,(H,27,29). The van der Waals surface area contributed by atoms with E-state index in [9.17, 15) is 4.79 Å². The molecule has 1 aliphatic rings. The maximum Gasteiger partial charge on any atom is 0.229 e. The van der Waals surface area contributed by atoms with Crippen molar-refractivity contribution in [1.82, 2.24) is 15.0 Å². The number of pyridine rings is 1. The maximum absolute atomic E-state index is 13.0. The lowest BCUT2D eigenvalue weighted by molar-refractivity contribution is -0.120. The van der Waals surface area contributed by atoms with Crippen LogP contribution in [-0.2, 0) is 4.79 Å². The van der Waals surface area contributed by atoms with E-state index in [0.717, 1.165) is 42.0 Å². The molecule has 1 aliphatic heterocycles. The van der Waals surface area contributed by atoms with E-state index in [1.165, 1.54) is 0 Å². The number of fused-ring (bicyclic) bond motifs is 1. The Labute approximate surface area is 181 Å². The van der Waals surface area contributed by atoms with Crippen LogP contribution in [0.4, 0.5) is 11.4 Å². The van der Waals surface area contributed by atoms with Crippen LogP contribution in [0.5, 0.6) is 11.5 Å². The van der Waals surface area contributed by atoms with E-state index in [1.54, 1.807) is 32.4 Å². The first kappa shape index (κ1) is 20.8. The number of piperidine rings is 1. The molecule has 1 aromatic carbocycles. The number of rotatable bonds is 5. The maximum atomic E-state index is 13.0. The van der Waals surface area contributed by atoms with Gasteiger partial charge in [-0.2, -0.15) is 0 Å². The Morgan fingerprint density at radius 2 is 1.94 bits per heavy atom. The molecule has 3 heterocycles. The predicted molar refractivity (Wildman–Crippen MR) is 120 cm³/mol. The van der Waals surface area contributed by atoms with Gasteiger partial charge in [0.15, 0.2) is 5.65 Å². The van der Waals surface area contributed by atoms with Crippen LogP contribution in [0.25, 0.3) is 11.2 Å². The van der Waals surface area contributed by atoms with E-state index in [0.29, 0.717) is 29.4 Å². The molecule has 0 aliphatic carbocycles. The van der Waals surface area contributed by atoms with Crippen molar-refractivity contribution in [2.45, 2.75) is 26.7 Å². The van der Waals surface area contributed by atoms with E-state index in [-0.39, 0.29) is 11.8 Å². The Kier molecular flexibility index (Phi) is 5.88. The summed E-state index contributed by atoms with van der Waals surface area (Å²) in [5, 5.41) is 3.01. The number of amides is 1. The lowest BCUT2D eigenvalue weighted by atomic mass is 9.96. The molecule has 1 atom stereocenters. The molecule has 8 nitrogen and oxygen atoms in total. The normalized spacial score (nSPS) is 16.3. The monoisotopic (exact) mass is 421 g/mol. The number of carbonyl (C=O) groups excluding carboxylic acids is 1. The zero-order valence-corrected chi connectivity index (χ0v) is 18.3. The third-order valence-electron chi connectivity index (χ3n) is 5.74. The molecule has 4 rings (SSSR count). The number of aryl methyl sites for hydroxylation is 2. The minimum absolute atomic E-state index is 0.0312.